The molecule has 0 spiro atoms. The minimum Gasteiger partial charge on any atom is -0.493 e. The van der Waals surface area contributed by atoms with Crippen LogP contribution >= 0.6 is 0 Å². The van der Waals surface area contributed by atoms with Crippen molar-refractivity contribution < 1.29 is 18.9 Å². The topological polar surface area (TPSA) is 66.2 Å². The second-order valence-electron chi connectivity index (χ2n) is 7.45. The van der Waals surface area contributed by atoms with Gasteiger partial charge >= 0.3 is 0 Å². The van der Waals surface area contributed by atoms with E-state index >= 15 is 0 Å². The van der Waals surface area contributed by atoms with Crippen LogP contribution < -0.4 is 24.7 Å². The Labute approximate surface area is 183 Å². The average Bonchev–Trinajstić information content (AvgIpc) is 3.27. The van der Waals surface area contributed by atoms with Crippen LogP contribution in [0.4, 0.5) is 0 Å². The molecule has 0 saturated carbocycles. The summed E-state index contributed by atoms with van der Waals surface area (Å²) >= 11 is 0. The van der Waals surface area contributed by atoms with E-state index in [0.717, 1.165) is 59.3 Å². The Morgan fingerprint density at radius 2 is 1.58 bits per heavy atom. The van der Waals surface area contributed by atoms with Crippen molar-refractivity contribution in [2.45, 2.75) is 19.7 Å². The number of methoxy groups -OCH3 is 1. The molecule has 1 aliphatic heterocycles. The van der Waals surface area contributed by atoms with Gasteiger partial charge in [0.15, 0.2) is 23.0 Å². The molecular formula is C25H28N2O4. The van der Waals surface area contributed by atoms with Crippen LogP contribution in [-0.2, 0) is 19.7 Å². The number of hydrogen-bond acceptors (Lipinski definition) is 6. The maximum absolute atomic E-state index is 5.98. The zero-order chi connectivity index (χ0) is 21.5. The summed E-state index contributed by atoms with van der Waals surface area (Å²) in [6, 6.07) is 22.2. The molecule has 3 aromatic carbocycles. The molecular weight excluding hydrogens is 392 g/mol. The summed E-state index contributed by atoms with van der Waals surface area (Å²) in [6.07, 6.45) is 0. The van der Waals surface area contributed by atoms with Gasteiger partial charge in [-0.15, -0.1) is 0 Å². The van der Waals surface area contributed by atoms with E-state index < -0.39 is 0 Å². The SMILES string of the molecule is COc1cc(CN(CCN)Cc2ccc3c(c2)OCO3)ccc1OCc1ccccc1. The van der Waals surface area contributed by atoms with Crippen molar-refractivity contribution in [1.82, 2.24) is 4.90 Å². The lowest BCUT2D eigenvalue weighted by Crippen LogP contribution is -2.28. The molecule has 3 aromatic rings. The Hall–Kier alpha value is -3.22. The third-order valence-corrected chi connectivity index (χ3v) is 5.16. The third-order valence-electron chi connectivity index (χ3n) is 5.16. The highest BCUT2D eigenvalue weighted by Crippen LogP contribution is 2.33. The quantitative estimate of drug-likeness (QED) is 0.536. The zero-order valence-electron chi connectivity index (χ0n) is 17.8. The van der Waals surface area contributed by atoms with Crippen LogP contribution in [0.25, 0.3) is 0 Å². The van der Waals surface area contributed by atoms with Crippen LogP contribution in [0.5, 0.6) is 23.0 Å². The van der Waals surface area contributed by atoms with Crippen LogP contribution in [0, 0.1) is 0 Å². The maximum atomic E-state index is 5.98. The fraction of sp³-hybridized carbons (Fsp3) is 0.280. The van der Waals surface area contributed by atoms with Crippen molar-refractivity contribution in [2.75, 3.05) is 27.0 Å². The number of rotatable bonds is 10. The van der Waals surface area contributed by atoms with Gasteiger partial charge in [-0.3, -0.25) is 4.90 Å². The maximum Gasteiger partial charge on any atom is 0.231 e. The van der Waals surface area contributed by atoms with Gasteiger partial charge in [0.05, 0.1) is 7.11 Å². The van der Waals surface area contributed by atoms with Crippen LogP contribution in [0.3, 0.4) is 0 Å². The molecule has 0 amide bonds. The van der Waals surface area contributed by atoms with Gasteiger partial charge in [0.25, 0.3) is 0 Å². The number of fused-ring (bicyclic) bond motifs is 1. The molecule has 0 atom stereocenters. The number of nitrogens with zero attached hydrogens (tertiary/aromatic N) is 1. The van der Waals surface area contributed by atoms with Gasteiger partial charge in [-0.05, 0) is 41.0 Å². The minimum atomic E-state index is 0.282. The molecule has 0 fully saturated rings. The highest BCUT2D eigenvalue weighted by atomic mass is 16.7. The molecule has 4 rings (SSSR count). The van der Waals surface area contributed by atoms with Crippen LogP contribution in [0.15, 0.2) is 66.7 Å². The van der Waals surface area contributed by atoms with E-state index in [1.54, 1.807) is 7.11 Å². The van der Waals surface area contributed by atoms with E-state index in [0.29, 0.717) is 13.2 Å². The van der Waals surface area contributed by atoms with Crippen molar-refractivity contribution in [3.05, 3.63) is 83.4 Å². The standard InChI is InChI=1S/C25H28N2O4/c1-28-24-13-20(7-9-22(24)29-17-19-5-3-2-4-6-19)15-27(12-11-26)16-21-8-10-23-25(14-21)31-18-30-23/h2-10,13-14H,11-12,15-18,26H2,1H3. The Morgan fingerprint density at radius 1 is 0.839 bits per heavy atom. The Bertz CT molecular complexity index is 994. The normalized spacial score (nSPS) is 12.2. The average molecular weight is 421 g/mol. The molecule has 31 heavy (non-hydrogen) atoms. The van der Waals surface area contributed by atoms with E-state index in [1.807, 2.05) is 54.6 Å². The lowest BCUT2D eigenvalue weighted by molar-refractivity contribution is 0.174. The molecule has 0 bridgehead atoms. The fourth-order valence-electron chi connectivity index (χ4n) is 3.62. The van der Waals surface area contributed by atoms with Gasteiger partial charge in [0.2, 0.25) is 6.79 Å². The van der Waals surface area contributed by atoms with Gasteiger partial charge in [0, 0.05) is 26.2 Å². The number of nitrogens with two attached hydrogens (primary N) is 1. The Kier molecular flexibility index (Phi) is 6.92. The molecule has 0 aromatic heterocycles. The van der Waals surface area contributed by atoms with E-state index in [4.69, 9.17) is 24.7 Å². The van der Waals surface area contributed by atoms with Crippen molar-refractivity contribution in [3.63, 3.8) is 0 Å². The smallest absolute Gasteiger partial charge is 0.231 e. The molecule has 0 unspecified atom stereocenters. The van der Waals surface area contributed by atoms with Crippen molar-refractivity contribution in [2.24, 2.45) is 5.73 Å². The number of hydrogen-bond donors (Lipinski definition) is 1. The Balaban J connectivity index is 1.43. The summed E-state index contributed by atoms with van der Waals surface area (Å²) in [5, 5.41) is 0. The first-order chi connectivity index (χ1) is 15.2. The second-order valence-corrected chi connectivity index (χ2v) is 7.45. The highest BCUT2D eigenvalue weighted by molar-refractivity contribution is 5.45. The summed E-state index contributed by atoms with van der Waals surface area (Å²) in [5.41, 5.74) is 9.28. The third kappa shape index (κ3) is 5.48. The largest absolute Gasteiger partial charge is 0.493 e. The van der Waals surface area contributed by atoms with Crippen molar-refractivity contribution >= 4 is 0 Å². The first-order valence-corrected chi connectivity index (χ1v) is 10.4. The van der Waals surface area contributed by atoms with Crippen LogP contribution in [-0.4, -0.2) is 31.9 Å². The minimum absolute atomic E-state index is 0.282. The number of ether oxygens (including phenoxy) is 4. The summed E-state index contributed by atoms with van der Waals surface area (Å²) in [5.74, 6) is 3.05. The monoisotopic (exact) mass is 420 g/mol. The summed E-state index contributed by atoms with van der Waals surface area (Å²) in [4.78, 5) is 2.30. The van der Waals surface area contributed by atoms with Crippen LogP contribution in [0.2, 0.25) is 0 Å². The Morgan fingerprint density at radius 3 is 2.35 bits per heavy atom. The van der Waals surface area contributed by atoms with Gasteiger partial charge in [0.1, 0.15) is 6.61 Å². The molecule has 1 heterocycles. The van der Waals surface area contributed by atoms with E-state index in [-0.39, 0.29) is 6.79 Å². The van der Waals surface area contributed by atoms with Crippen LogP contribution in [0.1, 0.15) is 16.7 Å². The summed E-state index contributed by atoms with van der Waals surface area (Å²) < 4.78 is 22.5. The fourth-order valence-corrected chi connectivity index (χ4v) is 3.62. The number of benzene rings is 3. The molecule has 6 heteroatoms. The van der Waals surface area contributed by atoms with Gasteiger partial charge in [-0.2, -0.15) is 0 Å². The first-order valence-electron chi connectivity index (χ1n) is 10.4. The van der Waals surface area contributed by atoms with Crippen molar-refractivity contribution in [3.8, 4) is 23.0 Å². The van der Waals surface area contributed by atoms with E-state index in [1.165, 1.54) is 0 Å². The van der Waals surface area contributed by atoms with Gasteiger partial charge < -0.3 is 24.7 Å². The van der Waals surface area contributed by atoms with Gasteiger partial charge in [-0.25, -0.2) is 0 Å². The highest BCUT2D eigenvalue weighted by Gasteiger charge is 2.15. The molecule has 6 nitrogen and oxygen atoms in total. The lowest BCUT2D eigenvalue weighted by atomic mass is 10.1. The zero-order valence-corrected chi connectivity index (χ0v) is 17.8. The molecule has 0 radical (unpaired) electrons. The predicted octanol–water partition coefficient (Wildman–Crippen LogP) is 3.96. The molecule has 1 aliphatic rings. The van der Waals surface area contributed by atoms with Crippen molar-refractivity contribution in [1.29, 1.82) is 0 Å². The lowest BCUT2D eigenvalue weighted by Gasteiger charge is -2.22. The van der Waals surface area contributed by atoms with E-state index in [9.17, 15) is 0 Å². The predicted molar refractivity (Wildman–Crippen MR) is 120 cm³/mol. The summed E-state index contributed by atoms with van der Waals surface area (Å²) in [7, 11) is 1.67. The molecule has 0 saturated heterocycles. The first kappa shape index (κ1) is 21.0. The molecule has 2 N–H and O–H groups in total. The summed E-state index contributed by atoms with van der Waals surface area (Å²) in [6.45, 7) is 3.66. The molecule has 162 valence electrons. The second kappa shape index (κ2) is 10.2. The van der Waals surface area contributed by atoms with Gasteiger partial charge in [-0.1, -0.05) is 42.5 Å². The molecule has 0 aliphatic carbocycles. The van der Waals surface area contributed by atoms with E-state index in [2.05, 4.69) is 17.0 Å².